The summed E-state index contributed by atoms with van der Waals surface area (Å²) in [7, 11) is 1.22. The van der Waals surface area contributed by atoms with E-state index in [0.29, 0.717) is 6.07 Å². The van der Waals surface area contributed by atoms with Crippen LogP contribution in [0.2, 0.25) is 0 Å². The molecule has 2 aromatic rings. The third-order valence-corrected chi connectivity index (χ3v) is 3.19. The highest BCUT2D eigenvalue weighted by atomic mass is 19.1. The number of nitrogens with zero attached hydrogens (tertiary/aromatic N) is 2. The fourth-order valence-electron chi connectivity index (χ4n) is 1.88. The smallest absolute Gasteiger partial charge is 0.276 e. The molecule has 2 aromatic carbocycles. The van der Waals surface area contributed by atoms with Crippen LogP contribution in [0.4, 0.5) is 13.2 Å². The van der Waals surface area contributed by atoms with Crippen LogP contribution in [0.3, 0.4) is 0 Å². The van der Waals surface area contributed by atoms with Gasteiger partial charge in [0.05, 0.1) is 11.8 Å². The average Bonchev–Trinajstić information content (AvgIpc) is 2.59. The van der Waals surface area contributed by atoms with Crippen molar-refractivity contribution in [2.24, 2.45) is 5.10 Å². The first-order valence-corrected chi connectivity index (χ1v) is 6.84. The maximum atomic E-state index is 13.9. The van der Waals surface area contributed by atoms with Gasteiger partial charge >= 0.3 is 0 Å². The number of carbonyl (C=O) groups is 2. The molecule has 0 radical (unpaired) electrons. The van der Waals surface area contributed by atoms with Crippen molar-refractivity contribution in [3.63, 3.8) is 0 Å². The quantitative estimate of drug-likeness (QED) is 0.504. The van der Waals surface area contributed by atoms with Crippen LogP contribution in [0.25, 0.3) is 0 Å². The Morgan fingerprint density at radius 1 is 1.12 bits per heavy atom. The predicted octanol–water partition coefficient (Wildman–Crippen LogP) is 2.33. The van der Waals surface area contributed by atoms with Gasteiger partial charge in [0.25, 0.3) is 11.8 Å². The van der Waals surface area contributed by atoms with E-state index in [0.717, 1.165) is 29.4 Å². The number of hydroxylamine groups is 1. The molecule has 0 aliphatic heterocycles. The number of nitrogens with one attached hydrogen (secondary N) is 1. The van der Waals surface area contributed by atoms with Crippen molar-refractivity contribution < 1.29 is 28.0 Å². The third-order valence-electron chi connectivity index (χ3n) is 3.19. The molecule has 0 heterocycles. The molecule has 130 valence electrons. The van der Waals surface area contributed by atoms with E-state index in [9.17, 15) is 22.8 Å². The topological polar surface area (TPSA) is 82.0 Å². The van der Waals surface area contributed by atoms with Crippen LogP contribution in [0.15, 0.2) is 41.5 Å². The van der Waals surface area contributed by atoms with Crippen molar-refractivity contribution in [2.75, 3.05) is 7.05 Å². The average molecular weight is 351 g/mol. The summed E-state index contributed by atoms with van der Waals surface area (Å²) in [6.45, 7) is 0. The molecule has 0 aliphatic carbocycles. The molecule has 2 amide bonds. The summed E-state index contributed by atoms with van der Waals surface area (Å²) in [5.41, 5.74) is 0.811. The van der Waals surface area contributed by atoms with Gasteiger partial charge in [-0.2, -0.15) is 5.10 Å². The van der Waals surface area contributed by atoms with Gasteiger partial charge in [-0.3, -0.25) is 14.8 Å². The summed E-state index contributed by atoms with van der Waals surface area (Å²) < 4.78 is 40.3. The standard InChI is InChI=1S/C16H12F3N3O3/c1-22(16(24)12-5-4-11(17)7-14(12)19)20-8-10-3-2-9(6-13(10)18)15(23)21-25/h2-8,25H,1H3,(H,21,23). The zero-order valence-electron chi connectivity index (χ0n) is 12.8. The molecule has 0 unspecified atom stereocenters. The summed E-state index contributed by atoms with van der Waals surface area (Å²) in [6.07, 6.45) is 0.995. The lowest BCUT2D eigenvalue weighted by Gasteiger charge is -2.11. The molecule has 0 aliphatic rings. The van der Waals surface area contributed by atoms with E-state index in [2.05, 4.69) is 5.10 Å². The van der Waals surface area contributed by atoms with E-state index in [1.54, 1.807) is 0 Å². The van der Waals surface area contributed by atoms with Gasteiger partial charge in [-0.1, -0.05) is 0 Å². The Morgan fingerprint density at radius 3 is 2.44 bits per heavy atom. The molecule has 0 fully saturated rings. The fourth-order valence-corrected chi connectivity index (χ4v) is 1.88. The number of hydrogen-bond acceptors (Lipinski definition) is 4. The minimum absolute atomic E-state index is 0.0475. The predicted molar refractivity (Wildman–Crippen MR) is 81.7 cm³/mol. The van der Waals surface area contributed by atoms with Gasteiger partial charge < -0.3 is 0 Å². The maximum absolute atomic E-state index is 13.9. The van der Waals surface area contributed by atoms with Gasteiger partial charge in [-0.25, -0.2) is 23.7 Å². The third kappa shape index (κ3) is 4.21. The molecule has 6 nitrogen and oxygen atoms in total. The number of hydrazone groups is 1. The Morgan fingerprint density at radius 2 is 1.84 bits per heavy atom. The fraction of sp³-hybridized carbons (Fsp3) is 0.0625. The summed E-state index contributed by atoms with van der Waals surface area (Å²) in [4.78, 5) is 23.2. The summed E-state index contributed by atoms with van der Waals surface area (Å²) in [6, 6.07) is 5.78. The monoisotopic (exact) mass is 351 g/mol. The van der Waals surface area contributed by atoms with Gasteiger partial charge in [-0.05, 0) is 30.3 Å². The largest absolute Gasteiger partial charge is 0.288 e. The molecule has 2 rings (SSSR count). The first-order valence-electron chi connectivity index (χ1n) is 6.84. The second-order valence-corrected chi connectivity index (χ2v) is 4.87. The van der Waals surface area contributed by atoms with Crippen LogP contribution in [0, 0.1) is 17.5 Å². The van der Waals surface area contributed by atoms with Crippen molar-refractivity contribution in [3.05, 3.63) is 70.5 Å². The first-order chi connectivity index (χ1) is 11.8. The van der Waals surface area contributed by atoms with Crippen molar-refractivity contribution in [3.8, 4) is 0 Å². The van der Waals surface area contributed by atoms with Gasteiger partial charge in [0, 0.05) is 24.2 Å². The normalized spacial score (nSPS) is 10.8. The molecule has 0 aromatic heterocycles. The minimum atomic E-state index is -1.04. The van der Waals surface area contributed by atoms with Crippen LogP contribution in [0.5, 0.6) is 0 Å². The van der Waals surface area contributed by atoms with Crippen molar-refractivity contribution in [1.29, 1.82) is 0 Å². The summed E-state index contributed by atoms with van der Waals surface area (Å²) in [5, 5.41) is 12.9. The van der Waals surface area contributed by atoms with Gasteiger partial charge in [0.1, 0.15) is 17.5 Å². The highest BCUT2D eigenvalue weighted by Crippen LogP contribution is 2.13. The first kappa shape index (κ1) is 18.1. The second-order valence-electron chi connectivity index (χ2n) is 4.87. The number of rotatable bonds is 4. The second kappa shape index (κ2) is 7.58. The Balaban J connectivity index is 2.18. The maximum Gasteiger partial charge on any atom is 0.276 e. The van der Waals surface area contributed by atoms with E-state index in [-0.39, 0.29) is 11.1 Å². The molecule has 9 heteroatoms. The Bertz CT molecular complexity index is 856. The van der Waals surface area contributed by atoms with E-state index in [4.69, 9.17) is 5.21 Å². The van der Waals surface area contributed by atoms with E-state index in [1.807, 2.05) is 0 Å². The number of benzene rings is 2. The Labute approximate surface area is 140 Å². The van der Waals surface area contributed by atoms with Gasteiger partial charge in [0.2, 0.25) is 0 Å². The lowest BCUT2D eigenvalue weighted by atomic mass is 10.1. The summed E-state index contributed by atoms with van der Waals surface area (Å²) >= 11 is 0. The Kier molecular flexibility index (Phi) is 5.50. The number of carbonyl (C=O) groups excluding carboxylic acids is 2. The van der Waals surface area contributed by atoms with E-state index >= 15 is 0 Å². The van der Waals surface area contributed by atoms with Gasteiger partial charge in [-0.15, -0.1) is 0 Å². The van der Waals surface area contributed by atoms with Crippen molar-refractivity contribution >= 4 is 18.0 Å². The minimum Gasteiger partial charge on any atom is -0.288 e. The molecule has 0 saturated carbocycles. The number of hydrogen-bond donors (Lipinski definition) is 2. The highest BCUT2D eigenvalue weighted by molar-refractivity contribution is 5.96. The molecule has 0 saturated heterocycles. The van der Waals surface area contributed by atoms with Crippen LogP contribution in [-0.2, 0) is 0 Å². The molecule has 25 heavy (non-hydrogen) atoms. The zero-order valence-corrected chi connectivity index (χ0v) is 12.8. The Hall–Kier alpha value is -3.20. The molecule has 0 atom stereocenters. The zero-order chi connectivity index (χ0) is 18.6. The molecular formula is C16H12F3N3O3. The number of halogens is 3. The number of amides is 2. The molecular weight excluding hydrogens is 339 g/mol. The highest BCUT2D eigenvalue weighted by Gasteiger charge is 2.16. The van der Waals surface area contributed by atoms with E-state index < -0.39 is 34.8 Å². The molecule has 0 bridgehead atoms. The van der Waals surface area contributed by atoms with Gasteiger partial charge in [0.15, 0.2) is 0 Å². The van der Waals surface area contributed by atoms with Crippen molar-refractivity contribution in [2.45, 2.75) is 0 Å². The molecule has 2 N–H and O–H groups in total. The lowest BCUT2D eigenvalue weighted by molar-refractivity contribution is 0.0705. The van der Waals surface area contributed by atoms with Crippen LogP contribution in [0.1, 0.15) is 26.3 Å². The lowest BCUT2D eigenvalue weighted by Crippen LogP contribution is -2.22. The van der Waals surface area contributed by atoms with E-state index in [1.165, 1.54) is 24.7 Å². The molecule has 0 spiro atoms. The van der Waals surface area contributed by atoms with Crippen LogP contribution in [-0.4, -0.2) is 35.3 Å². The SMILES string of the molecule is CN(N=Cc1ccc(C(=O)NO)cc1F)C(=O)c1ccc(F)cc1F. The van der Waals surface area contributed by atoms with Crippen LogP contribution < -0.4 is 5.48 Å². The van der Waals surface area contributed by atoms with Crippen molar-refractivity contribution in [1.82, 2.24) is 10.5 Å². The summed E-state index contributed by atoms with van der Waals surface area (Å²) in [5.74, 6) is -4.43. The van der Waals surface area contributed by atoms with Crippen LogP contribution >= 0.6 is 0 Å².